The number of carbonyl (C=O) groups excluding carboxylic acids is 1. The number of nitrogens with zero attached hydrogens (tertiary/aromatic N) is 2. The first-order valence-corrected chi connectivity index (χ1v) is 6.12. The van der Waals surface area contributed by atoms with Gasteiger partial charge in [-0.2, -0.15) is 5.10 Å². The summed E-state index contributed by atoms with van der Waals surface area (Å²) in [6, 6.07) is 7.67. The maximum absolute atomic E-state index is 11.6. The van der Waals surface area contributed by atoms with E-state index >= 15 is 0 Å². The fourth-order valence-corrected chi connectivity index (χ4v) is 2.47. The average Bonchev–Trinajstić information content (AvgIpc) is 2.86. The lowest BCUT2D eigenvalue weighted by atomic mass is 10.2. The molecule has 0 saturated carbocycles. The van der Waals surface area contributed by atoms with Gasteiger partial charge in [-0.1, -0.05) is 29.8 Å². The van der Waals surface area contributed by atoms with E-state index in [4.69, 9.17) is 11.6 Å². The van der Waals surface area contributed by atoms with Crippen LogP contribution in [-0.4, -0.2) is 15.7 Å². The fraction of sp³-hybridized carbons (Fsp3) is 0.231. The zero-order valence-electron chi connectivity index (χ0n) is 9.90. The molecule has 5 heteroatoms. The molecule has 1 aliphatic heterocycles. The van der Waals surface area contributed by atoms with E-state index in [1.165, 1.54) is 0 Å². The van der Waals surface area contributed by atoms with E-state index in [1.54, 1.807) is 0 Å². The molecule has 1 amide bonds. The Bertz CT molecular complexity index is 633. The second-order valence-electron chi connectivity index (χ2n) is 4.34. The first kappa shape index (κ1) is 11.3. The zero-order chi connectivity index (χ0) is 12.7. The van der Waals surface area contributed by atoms with Crippen LogP contribution in [0, 0.1) is 6.92 Å². The molecule has 0 aliphatic carbocycles. The van der Waals surface area contributed by atoms with Crippen molar-refractivity contribution in [3.63, 3.8) is 0 Å². The van der Waals surface area contributed by atoms with Crippen LogP contribution in [0.2, 0.25) is 5.02 Å². The molecule has 4 nitrogen and oxygen atoms in total. The highest BCUT2D eigenvalue weighted by Gasteiger charge is 2.27. The summed E-state index contributed by atoms with van der Waals surface area (Å²) in [5, 5.41) is 7.95. The lowest BCUT2D eigenvalue weighted by Crippen LogP contribution is -2.15. The van der Waals surface area contributed by atoms with Crippen LogP contribution in [-0.2, 0) is 13.1 Å². The van der Waals surface area contributed by atoms with Crippen LogP contribution in [0.3, 0.4) is 0 Å². The quantitative estimate of drug-likeness (QED) is 0.900. The molecule has 3 rings (SSSR count). The number of aromatic nitrogens is 2. The minimum absolute atomic E-state index is 0.0343. The molecule has 0 fully saturated rings. The van der Waals surface area contributed by atoms with Crippen LogP contribution >= 0.6 is 11.6 Å². The van der Waals surface area contributed by atoms with Gasteiger partial charge < -0.3 is 5.32 Å². The Morgan fingerprint density at radius 2 is 2.22 bits per heavy atom. The van der Waals surface area contributed by atoms with E-state index in [1.807, 2.05) is 35.9 Å². The monoisotopic (exact) mass is 261 g/mol. The van der Waals surface area contributed by atoms with Gasteiger partial charge in [0.1, 0.15) is 0 Å². The summed E-state index contributed by atoms with van der Waals surface area (Å²) in [5.41, 5.74) is 3.43. The van der Waals surface area contributed by atoms with Crippen LogP contribution in [0.5, 0.6) is 0 Å². The van der Waals surface area contributed by atoms with Crippen molar-refractivity contribution in [3.05, 3.63) is 51.8 Å². The predicted molar refractivity (Wildman–Crippen MR) is 68.7 cm³/mol. The van der Waals surface area contributed by atoms with Crippen molar-refractivity contribution in [1.82, 2.24) is 15.1 Å². The Balaban J connectivity index is 2.00. The molecule has 0 saturated heterocycles. The maximum atomic E-state index is 11.6. The molecule has 2 aromatic rings. The number of rotatable bonds is 2. The summed E-state index contributed by atoms with van der Waals surface area (Å²) >= 11 is 6.14. The number of aryl methyl sites for hydroxylation is 1. The van der Waals surface area contributed by atoms with Gasteiger partial charge in [0.05, 0.1) is 30.0 Å². The van der Waals surface area contributed by atoms with Crippen molar-refractivity contribution < 1.29 is 4.79 Å². The molecule has 0 spiro atoms. The second-order valence-corrected chi connectivity index (χ2v) is 4.75. The summed E-state index contributed by atoms with van der Waals surface area (Å²) in [6.45, 7) is 2.98. The SMILES string of the molecule is Cc1nn(Cc2ccccc2Cl)c2c1C(=O)NC2. The number of fused-ring (bicyclic) bond motifs is 1. The van der Waals surface area contributed by atoms with Gasteiger partial charge in [0, 0.05) is 5.02 Å². The second kappa shape index (κ2) is 4.14. The highest BCUT2D eigenvalue weighted by Crippen LogP contribution is 2.22. The fourth-order valence-electron chi connectivity index (χ4n) is 2.28. The summed E-state index contributed by atoms with van der Waals surface area (Å²) in [6.07, 6.45) is 0. The van der Waals surface area contributed by atoms with Crippen molar-refractivity contribution in [3.8, 4) is 0 Å². The Morgan fingerprint density at radius 1 is 1.44 bits per heavy atom. The van der Waals surface area contributed by atoms with Gasteiger partial charge in [-0.25, -0.2) is 0 Å². The van der Waals surface area contributed by atoms with E-state index in [-0.39, 0.29) is 5.91 Å². The minimum atomic E-state index is -0.0343. The summed E-state index contributed by atoms with van der Waals surface area (Å²) in [5.74, 6) is -0.0343. The van der Waals surface area contributed by atoms with E-state index in [9.17, 15) is 4.79 Å². The lowest BCUT2D eigenvalue weighted by molar-refractivity contribution is 0.0965. The Labute approximate surface area is 110 Å². The van der Waals surface area contributed by atoms with Crippen molar-refractivity contribution in [2.45, 2.75) is 20.0 Å². The molecule has 0 bridgehead atoms. The molecule has 0 radical (unpaired) electrons. The first-order chi connectivity index (χ1) is 8.66. The largest absolute Gasteiger partial charge is 0.346 e. The normalized spacial score (nSPS) is 13.6. The van der Waals surface area contributed by atoms with Crippen molar-refractivity contribution in [1.29, 1.82) is 0 Å². The predicted octanol–water partition coefficient (Wildman–Crippen LogP) is 2.14. The van der Waals surface area contributed by atoms with Crippen LogP contribution in [0.25, 0.3) is 0 Å². The van der Waals surface area contributed by atoms with E-state index in [0.717, 1.165) is 22.0 Å². The highest BCUT2D eigenvalue weighted by molar-refractivity contribution is 6.31. The maximum Gasteiger partial charge on any atom is 0.255 e. The average molecular weight is 262 g/mol. The van der Waals surface area contributed by atoms with Gasteiger partial charge in [-0.3, -0.25) is 9.48 Å². The molecule has 18 heavy (non-hydrogen) atoms. The van der Waals surface area contributed by atoms with Crippen molar-refractivity contribution in [2.24, 2.45) is 0 Å². The van der Waals surface area contributed by atoms with Gasteiger partial charge in [0.15, 0.2) is 0 Å². The number of nitrogens with one attached hydrogen (secondary N) is 1. The van der Waals surface area contributed by atoms with E-state index in [2.05, 4.69) is 10.4 Å². The van der Waals surface area contributed by atoms with E-state index in [0.29, 0.717) is 18.7 Å². The van der Waals surface area contributed by atoms with Gasteiger partial charge in [-0.15, -0.1) is 0 Å². The summed E-state index contributed by atoms with van der Waals surface area (Å²) in [4.78, 5) is 11.6. The molecule has 92 valence electrons. The summed E-state index contributed by atoms with van der Waals surface area (Å²) in [7, 11) is 0. The first-order valence-electron chi connectivity index (χ1n) is 5.74. The third-order valence-corrected chi connectivity index (χ3v) is 3.52. The van der Waals surface area contributed by atoms with Crippen molar-refractivity contribution >= 4 is 17.5 Å². The molecular formula is C13H12ClN3O. The minimum Gasteiger partial charge on any atom is -0.346 e. The third kappa shape index (κ3) is 1.69. The third-order valence-electron chi connectivity index (χ3n) is 3.15. The van der Waals surface area contributed by atoms with E-state index < -0.39 is 0 Å². The molecular weight excluding hydrogens is 250 g/mol. The zero-order valence-corrected chi connectivity index (χ0v) is 10.7. The molecule has 1 aromatic carbocycles. The number of carbonyl (C=O) groups is 1. The van der Waals surface area contributed by atoms with Crippen LogP contribution in [0.1, 0.15) is 27.3 Å². The summed E-state index contributed by atoms with van der Waals surface area (Å²) < 4.78 is 1.85. The number of amides is 1. The number of halogens is 1. The number of hydrogen-bond acceptors (Lipinski definition) is 2. The smallest absolute Gasteiger partial charge is 0.255 e. The standard InChI is InChI=1S/C13H12ClN3O/c1-8-12-11(6-15-13(12)18)17(16-8)7-9-4-2-3-5-10(9)14/h2-5H,6-7H2,1H3,(H,15,18). The van der Waals surface area contributed by atoms with Crippen molar-refractivity contribution in [2.75, 3.05) is 0 Å². The Morgan fingerprint density at radius 3 is 3.00 bits per heavy atom. The Kier molecular flexibility index (Phi) is 2.59. The van der Waals surface area contributed by atoms with Crippen LogP contribution in [0.15, 0.2) is 24.3 Å². The Hall–Kier alpha value is -1.81. The van der Waals surface area contributed by atoms with Crippen LogP contribution < -0.4 is 5.32 Å². The molecule has 1 N–H and O–H groups in total. The molecule has 2 heterocycles. The number of hydrogen-bond donors (Lipinski definition) is 1. The van der Waals surface area contributed by atoms with Gasteiger partial charge >= 0.3 is 0 Å². The van der Waals surface area contributed by atoms with Crippen LogP contribution in [0.4, 0.5) is 0 Å². The molecule has 1 aliphatic rings. The van der Waals surface area contributed by atoms with Gasteiger partial charge in [0.2, 0.25) is 0 Å². The van der Waals surface area contributed by atoms with Gasteiger partial charge in [-0.05, 0) is 18.6 Å². The molecule has 1 aromatic heterocycles. The number of benzene rings is 1. The molecule has 0 unspecified atom stereocenters. The highest BCUT2D eigenvalue weighted by atomic mass is 35.5. The van der Waals surface area contributed by atoms with Gasteiger partial charge in [0.25, 0.3) is 5.91 Å². The molecule has 0 atom stereocenters. The topological polar surface area (TPSA) is 46.9 Å². The lowest BCUT2D eigenvalue weighted by Gasteiger charge is -2.07.